The summed E-state index contributed by atoms with van der Waals surface area (Å²) in [5.74, 6) is 0.779. The third kappa shape index (κ3) is 5.59. The number of aromatic nitrogens is 1. The maximum absolute atomic E-state index is 12.8. The Labute approximate surface area is 224 Å². The number of benzene rings is 2. The first-order chi connectivity index (χ1) is 18.2. The van der Waals surface area contributed by atoms with Gasteiger partial charge in [-0.25, -0.2) is 4.98 Å². The van der Waals surface area contributed by atoms with Crippen LogP contribution in [0, 0.1) is 22.7 Å². The Bertz CT molecular complexity index is 1500. The van der Waals surface area contributed by atoms with Crippen molar-refractivity contribution in [2.24, 2.45) is 0 Å². The Morgan fingerprint density at radius 1 is 1.03 bits per heavy atom. The molecule has 0 radical (unpaired) electrons. The van der Waals surface area contributed by atoms with Crippen LogP contribution in [-0.2, 0) is 17.6 Å². The van der Waals surface area contributed by atoms with Crippen LogP contribution in [0.3, 0.4) is 0 Å². The largest absolute Gasteiger partial charge is 0.317 e. The van der Waals surface area contributed by atoms with Crippen LogP contribution < -0.4 is 5.32 Å². The lowest BCUT2D eigenvalue weighted by Crippen LogP contribution is -2.13. The normalized spacial score (nSPS) is 14.3. The number of carbonyl (C=O) groups is 1. The predicted octanol–water partition coefficient (Wildman–Crippen LogP) is 6.95. The number of fused-ring (bicyclic) bond motifs is 1. The third-order valence-corrected chi connectivity index (χ3v) is 8.68. The van der Waals surface area contributed by atoms with Crippen molar-refractivity contribution in [3.63, 3.8) is 0 Å². The first-order valence-corrected chi connectivity index (χ1v) is 13.9. The van der Waals surface area contributed by atoms with Gasteiger partial charge in [0.25, 0.3) is 0 Å². The standard InChI is InChI=1S/C30H24N4OS2/c31-18-23-12-14-26(21-9-5-2-6-10-21)33-29(23)36-16-15-28(35)34-30-25(19-32)24-13-11-22(17-27(24)37-30)20-7-3-1-4-8-20/h1-10,12,14,22H,11,13,15-17H2,(H,34,35). The first kappa shape index (κ1) is 24.8. The number of hydrogen-bond donors (Lipinski definition) is 1. The summed E-state index contributed by atoms with van der Waals surface area (Å²) in [6.07, 6.45) is 3.00. The lowest BCUT2D eigenvalue weighted by atomic mass is 9.83. The summed E-state index contributed by atoms with van der Waals surface area (Å²) in [4.78, 5) is 18.7. The van der Waals surface area contributed by atoms with Crippen LogP contribution in [0.15, 0.2) is 77.8 Å². The average Bonchev–Trinajstić information content (AvgIpc) is 3.29. The lowest BCUT2D eigenvalue weighted by Gasteiger charge is -2.22. The van der Waals surface area contributed by atoms with Crippen LogP contribution in [0.1, 0.15) is 45.9 Å². The molecule has 4 aromatic rings. The van der Waals surface area contributed by atoms with Crippen molar-refractivity contribution >= 4 is 34.0 Å². The number of carbonyl (C=O) groups excluding carboxylic acids is 1. The third-order valence-electron chi connectivity index (χ3n) is 6.52. The molecular weight excluding hydrogens is 496 g/mol. The van der Waals surface area contributed by atoms with Crippen LogP contribution in [0.5, 0.6) is 0 Å². The van der Waals surface area contributed by atoms with Gasteiger partial charge in [-0.05, 0) is 48.4 Å². The second-order valence-electron chi connectivity index (χ2n) is 8.84. The van der Waals surface area contributed by atoms with E-state index in [4.69, 9.17) is 0 Å². The highest BCUT2D eigenvalue weighted by atomic mass is 32.2. The molecule has 1 aliphatic rings. The molecule has 0 aliphatic heterocycles. The first-order valence-electron chi connectivity index (χ1n) is 12.1. The number of thioether (sulfide) groups is 1. The molecule has 0 saturated heterocycles. The van der Waals surface area contributed by atoms with Gasteiger partial charge < -0.3 is 5.32 Å². The van der Waals surface area contributed by atoms with Crippen molar-refractivity contribution in [2.45, 2.75) is 36.6 Å². The molecule has 5 nitrogen and oxygen atoms in total. The maximum Gasteiger partial charge on any atom is 0.225 e. The van der Waals surface area contributed by atoms with E-state index >= 15 is 0 Å². The summed E-state index contributed by atoms with van der Waals surface area (Å²) < 4.78 is 0. The summed E-state index contributed by atoms with van der Waals surface area (Å²) >= 11 is 2.93. The molecule has 1 atom stereocenters. The van der Waals surface area contributed by atoms with Crippen molar-refractivity contribution in [1.29, 1.82) is 10.5 Å². The van der Waals surface area contributed by atoms with E-state index in [0.717, 1.165) is 36.1 Å². The Balaban J connectivity index is 1.23. The smallest absolute Gasteiger partial charge is 0.225 e. The predicted molar refractivity (Wildman–Crippen MR) is 149 cm³/mol. The van der Waals surface area contributed by atoms with E-state index in [-0.39, 0.29) is 12.3 Å². The molecule has 0 spiro atoms. The monoisotopic (exact) mass is 520 g/mol. The Kier molecular flexibility index (Phi) is 7.65. The zero-order valence-electron chi connectivity index (χ0n) is 20.1. The number of rotatable bonds is 7. The molecule has 1 amide bonds. The summed E-state index contributed by atoms with van der Waals surface area (Å²) in [5.41, 5.74) is 5.29. The Hall–Kier alpha value is -3.91. The van der Waals surface area contributed by atoms with Crippen LogP contribution in [-0.4, -0.2) is 16.6 Å². The number of anilines is 1. The molecule has 2 aromatic carbocycles. The van der Waals surface area contributed by atoms with Gasteiger partial charge in [-0.3, -0.25) is 4.79 Å². The van der Waals surface area contributed by atoms with E-state index in [9.17, 15) is 15.3 Å². The number of nitrogens with one attached hydrogen (secondary N) is 1. The summed E-state index contributed by atoms with van der Waals surface area (Å²) in [7, 11) is 0. The fourth-order valence-corrected chi connectivity index (χ4v) is 6.84. The summed E-state index contributed by atoms with van der Waals surface area (Å²) in [6.45, 7) is 0. The number of hydrogen-bond acceptors (Lipinski definition) is 6. The van der Waals surface area contributed by atoms with Gasteiger partial charge in [0.15, 0.2) is 0 Å². The molecule has 182 valence electrons. The zero-order valence-corrected chi connectivity index (χ0v) is 21.7. The molecular formula is C30H24N4OS2. The van der Waals surface area contributed by atoms with Gasteiger partial charge in [0.2, 0.25) is 5.91 Å². The van der Waals surface area contributed by atoms with Crippen molar-refractivity contribution < 1.29 is 4.79 Å². The van der Waals surface area contributed by atoms with Crippen molar-refractivity contribution in [2.75, 3.05) is 11.1 Å². The zero-order chi connectivity index (χ0) is 25.6. The average molecular weight is 521 g/mol. The molecule has 2 aromatic heterocycles. The van der Waals surface area contributed by atoms with Crippen LogP contribution in [0.4, 0.5) is 5.00 Å². The summed E-state index contributed by atoms with van der Waals surface area (Å²) in [5, 5.41) is 23.6. The second kappa shape index (κ2) is 11.4. The van der Waals surface area contributed by atoms with E-state index < -0.39 is 0 Å². The fourth-order valence-electron chi connectivity index (χ4n) is 4.64. The molecule has 0 saturated carbocycles. The number of amides is 1. The number of pyridine rings is 1. The van der Waals surface area contributed by atoms with E-state index in [1.54, 1.807) is 6.07 Å². The molecule has 7 heteroatoms. The van der Waals surface area contributed by atoms with E-state index in [1.165, 1.54) is 33.5 Å². The van der Waals surface area contributed by atoms with Crippen LogP contribution in [0.25, 0.3) is 11.3 Å². The topological polar surface area (TPSA) is 89.6 Å². The second-order valence-corrected chi connectivity index (χ2v) is 11.0. The van der Waals surface area contributed by atoms with Gasteiger partial charge in [-0.15, -0.1) is 23.1 Å². The highest BCUT2D eigenvalue weighted by Gasteiger charge is 2.27. The molecule has 1 unspecified atom stereocenters. The quantitative estimate of drug-likeness (QED) is 0.266. The van der Waals surface area contributed by atoms with Gasteiger partial charge in [0, 0.05) is 22.6 Å². The Morgan fingerprint density at radius 3 is 2.51 bits per heavy atom. The van der Waals surface area contributed by atoms with Gasteiger partial charge in [0.1, 0.15) is 22.2 Å². The van der Waals surface area contributed by atoms with Gasteiger partial charge in [-0.1, -0.05) is 60.7 Å². The minimum atomic E-state index is -0.139. The number of nitrogens with zero attached hydrogens (tertiary/aromatic N) is 3. The number of nitriles is 2. The molecule has 1 N–H and O–H groups in total. The van der Waals surface area contributed by atoms with Crippen LogP contribution in [0.2, 0.25) is 0 Å². The minimum absolute atomic E-state index is 0.139. The van der Waals surface area contributed by atoms with Gasteiger partial charge >= 0.3 is 0 Å². The molecule has 5 rings (SSSR count). The molecule has 0 fully saturated rings. The van der Waals surface area contributed by atoms with E-state index in [2.05, 4.69) is 46.7 Å². The van der Waals surface area contributed by atoms with Crippen molar-refractivity contribution in [1.82, 2.24) is 4.98 Å². The maximum atomic E-state index is 12.8. The molecule has 37 heavy (non-hydrogen) atoms. The molecule has 2 heterocycles. The van der Waals surface area contributed by atoms with Crippen molar-refractivity contribution in [3.05, 3.63) is 99.9 Å². The highest BCUT2D eigenvalue weighted by Crippen LogP contribution is 2.42. The highest BCUT2D eigenvalue weighted by molar-refractivity contribution is 7.99. The lowest BCUT2D eigenvalue weighted by molar-refractivity contribution is -0.115. The van der Waals surface area contributed by atoms with Crippen molar-refractivity contribution in [3.8, 4) is 23.4 Å². The van der Waals surface area contributed by atoms with Gasteiger partial charge in [0.05, 0.1) is 16.8 Å². The number of thiophene rings is 1. The van der Waals surface area contributed by atoms with E-state index in [1.807, 2.05) is 42.5 Å². The molecule has 0 bridgehead atoms. The van der Waals surface area contributed by atoms with Gasteiger partial charge in [-0.2, -0.15) is 10.5 Å². The van der Waals surface area contributed by atoms with E-state index in [0.29, 0.717) is 32.8 Å². The molecule has 1 aliphatic carbocycles. The summed E-state index contributed by atoms with van der Waals surface area (Å²) in [6, 6.07) is 28.4. The van der Waals surface area contributed by atoms with Crippen LogP contribution >= 0.6 is 23.1 Å². The Morgan fingerprint density at radius 2 is 1.78 bits per heavy atom. The minimum Gasteiger partial charge on any atom is -0.317 e. The fraction of sp³-hybridized carbons (Fsp3) is 0.200. The SMILES string of the molecule is N#Cc1ccc(-c2ccccc2)nc1SCCC(=O)Nc1sc2c(c1C#N)CCC(c1ccccc1)C2.